The number of aromatic nitrogens is 3. The summed E-state index contributed by atoms with van der Waals surface area (Å²) in [5.74, 6) is -0.0233. The summed E-state index contributed by atoms with van der Waals surface area (Å²) in [4.78, 5) is 16.8. The first-order valence-electron chi connectivity index (χ1n) is 9.86. The molecule has 0 aliphatic rings. The molecule has 0 radical (unpaired) electrons. The standard InChI is InChI=1S/C21H34N4O2Si/c1-16(2)24(13-14-27-28(7,8)21(4,5)6)20(26)18-15-17(3)9-10-19(18)25-22-11-12-23-25/h9-12,15-16H,13-14H2,1-8H3. The fraction of sp³-hybridized carbons (Fsp3) is 0.571. The molecule has 0 saturated heterocycles. The first-order valence-corrected chi connectivity index (χ1v) is 12.8. The molecule has 2 aromatic rings. The average molecular weight is 403 g/mol. The van der Waals surface area contributed by atoms with Crippen molar-refractivity contribution in [2.45, 2.75) is 65.7 Å². The van der Waals surface area contributed by atoms with Crippen LogP contribution in [0.2, 0.25) is 18.1 Å². The minimum atomic E-state index is -1.85. The summed E-state index contributed by atoms with van der Waals surface area (Å²) in [5.41, 5.74) is 2.33. The van der Waals surface area contributed by atoms with Gasteiger partial charge in [0.05, 0.1) is 30.3 Å². The molecule has 0 aliphatic heterocycles. The molecule has 0 N–H and O–H groups in total. The predicted molar refractivity (Wildman–Crippen MR) is 115 cm³/mol. The fourth-order valence-electron chi connectivity index (χ4n) is 2.70. The topological polar surface area (TPSA) is 60.2 Å². The molecule has 154 valence electrons. The summed E-state index contributed by atoms with van der Waals surface area (Å²) >= 11 is 0. The molecule has 0 atom stereocenters. The highest BCUT2D eigenvalue weighted by atomic mass is 28.4. The second-order valence-corrected chi connectivity index (χ2v) is 13.8. The lowest BCUT2D eigenvalue weighted by Gasteiger charge is -2.37. The molecule has 7 heteroatoms. The Hall–Kier alpha value is -1.99. The molecule has 0 fully saturated rings. The first-order chi connectivity index (χ1) is 12.9. The van der Waals surface area contributed by atoms with Crippen molar-refractivity contribution in [3.63, 3.8) is 0 Å². The Morgan fingerprint density at radius 1 is 1.21 bits per heavy atom. The number of nitrogens with zero attached hydrogens (tertiary/aromatic N) is 4. The Morgan fingerprint density at radius 2 is 1.82 bits per heavy atom. The molecule has 0 saturated carbocycles. The van der Waals surface area contributed by atoms with Crippen LogP contribution >= 0.6 is 0 Å². The number of hydrogen-bond donors (Lipinski definition) is 0. The molecular formula is C21H34N4O2Si. The minimum absolute atomic E-state index is 0.0233. The number of aryl methyl sites for hydroxylation is 1. The molecule has 2 rings (SSSR count). The zero-order chi connectivity index (χ0) is 21.1. The van der Waals surface area contributed by atoms with Gasteiger partial charge in [-0.05, 0) is 51.0 Å². The van der Waals surface area contributed by atoms with E-state index in [1.807, 2.05) is 43.9 Å². The molecule has 1 amide bonds. The lowest BCUT2D eigenvalue weighted by Crippen LogP contribution is -2.45. The highest BCUT2D eigenvalue weighted by molar-refractivity contribution is 6.74. The van der Waals surface area contributed by atoms with Gasteiger partial charge in [0.1, 0.15) is 0 Å². The van der Waals surface area contributed by atoms with Gasteiger partial charge in [-0.2, -0.15) is 15.0 Å². The van der Waals surface area contributed by atoms with E-state index < -0.39 is 8.32 Å². The second kappa shape index (κ2) is 8.57. The van der Waals surface area contributed by atoms with Crippen molar-refractivity contribution in [1.29, 1.82) is 0 Å². The SMILES string of the molecule is Cc1ccc(-n2nccn2)c(C(=O)N(CCO[Si](C)(C)C(C)(C)C)C(C)C)c1. The normalized spacial score (nSPS) is 12.5. The number of amides is 1. The summed E-state index contributed by atoms with van der Waals surface area (Å²) in [6, 6.07) is 5.84. The Bertz CT molecular complexity index is 795. The zero-order valence-electron chi connectivity index (χ0n) is 18.5. The maximum absolute atomic E-state index is 13.4. The van der Waals surface area contributed by atoms with Crippen LogP contribution in [0.25, 0.3) is 5.69 Å². The van der Waals surface area contributed by atoms with Gasteiger partial charge < -0.3 is 9.33 Å². The van der Waals surface area contributed by atoms with Crippen LogP contribution in [0.4, 0.5) is 0 Å². The van der Waals surface area contributed by atoms with Crippen LogP contribution in [0.3, 0.4) is 0 Å². The van der Waals surface area contributed by atoms with E-state index in [2.05, 4.69) is 44.1 Å². The largest absolute Gasteiger partial charge is 0.415 e. The van der Waals surface area contributed by atoms with Crippen molar-refractivity contribution < 1.29 is 9.22 Å². The highest BCUT2D eigenvalue weighted by Crippen LogP contribution is 2.36. The van der Waals surface area contributed by atoms with Crippen molar-refractivity contribution in [1.82, 2.24) is 19.9 Å². The summed E-state index contributed by atoms with van der Waals surface area (Å²) in [6.45, 7) is 18.3. The molecule has 1 aromatic carbocycles. The van der Waals surface area contributed by atoms with E-state index in [0.717, 1.165) is 5.56 Å². The number of carbonyl (C=O) groups excluding carboxylic acids is 1. The molecule has 1 heterocycles. The van der Waals surface area contributed by atoms with Crippen molar-refractivity contribution in [2.75, 3.05) is 13.2 Å². The van der Waals surface area contributed by atoms with Crippen LogP contribution in [0, 0.1) is 6.92 Å². The number of rotatable bonds is 7. The number of hydrogen-bond acceptors (Lipinski definition) is 4. The smallest absolute Gasteiger partial charge is 0.256 e. The molecule has 6 nitrogen and oxygen atoms in total. The van der Waals surface area contributed by atoms with Crippen molar-refractivity contribution in [2.24, 2.45) is 0 Å². The minimum Gasteiger partial charge on any atom is -0.415 e. The van der Waals surface area contributed by atoms with Gasteiger partial charge in [-0.3, -0.25) is 4.79 Å². The number of benzene rings is 1. The van der Waals surface area contributed by atoms with Gasteiger partial charge in [-0.1, -0.05) is 32.4 Å². The predicted octanol–water partition coefficient (Wildman–Crippen LogP) is 4.45. The zero-order valence-corrected chi connectivity index (χ0v) is 19.5. The van der Waals surface area contributed by atoms with Crippen molar-refractivity contribution >= 4 is 14.2 Å². The molecule has 0 bridgehead atoms. The first kappa shape index (κ1) is 22.3. The Labute approximate surface area is 170 Å². The van der Waals surface area contributed by atoms with E-state index in [9.17, 15) is 4.79 Å². The molecule has 0 unspecified atom stereocenters. The molecule has 28 heavy (non-hydrogen) atoms. The maximum atomic E-state index is 13.4. The van der Waals surface area contributed by atoms with Crippen molar-refractivity contribution in [3.05, 3.63) is 41.7 Å². The Balaban J connectivity index is 2.23. The lowest BCUT2D eigenvalue weighted by atomic mass is 10.1. The second-order valence-electron chi connectivity index (χ2n) is 9.04. The maximum Gasteiger partial charge on any atom is 0.256 e. The monoisotopic (exact) mass is 402 g/mol. The van der Waals surface area contributed by atoms with Crippen LogP contribution < -0.4 is 0 Å². The summed E-state index contributed by atoms with van der Waals surface area (Å²) in [6.07, 6.45) is 3.22. The van der Waals surface area contributed by atoms with Gasteiger partial charge >= 0.3 is 0 Å². The van der Waals surface area contributed by atoms with E-state index in [4.69, 9.17) is 4.43 Å². The van der Waals surface area contributed by atoms with Gasteiger partial charge in [0.25, 0.3) is 5.91 Å². The average Bonchev–Trinajstić information content (AvgIpc) is 3.11. The summed E-state index contributed by atoms with van der Waals surface area (Å²) < 4.78 is 6.30. The van der Waals surface area contributed by atoms with Crippen molar-refractivity contribution in [3.8, 4) is 5.69 Å². The third kappa shape index (κ3) is 5.08. The molecular weight excluding hydrogens is 368 g/mol. The van der Waals surface area contributed by atoms with E-state index >= 15 is 0 Å². The quantitative estimate of drug-likeness (QED) is 0.642. The molecule has 1 aromatic heterocycles. The van der Waals surface area contributed by atoms with E-state index in [-0.39, 0.29) is 17.0 Å². The molecule has 0 aliphatic carbocycles. The van der Waals surface area contributed by atoms with E-state index in [0.29, 0.717) is 24.4 Å². The van der Waals surface area contributed by atoms with Crippen LogP contribution in [0.15, 0.2) is 30.6 Å². The Kier molecular flexibility index (Phi) is 6.83. The Morgan fingerprint density at radius 3 is 2.36 bits per heavy atom. The van der Waals surface area contributed by atoms with Gasteiger partial charge in [0.15, 0.2) is 8.32 Å². The van der Waals surface area contributed by atoms with Crippen LogP contribution in [0.5, 0.6) is 0 Å². The highest BCUT2D eigenvalue weighted by Gasteiger charge is 2.37. The van der Waals surface area contributed by atoms with Crippen LogP contribution in [-0.4, -0.2) is 53.3 Å². The van der Waals surface area contributed by atoms with Gasteiger partial charge in [0.2, 0.25) is 0 Å². The lowest BCUT2D eigenvalue weighted by molar-refractivity contribution is 0.0669. The van der Waals surface area contributed by atoms with Gasteiger partial charge in [-0.15, -0.1) is 0 Å². The number of carbonyl (C=O) groups is 1. The van der Waals surface area contributed by atoms with Crippen LogP contribution in [0.1, 0.15) is 50.5 Å². The summed E-state index contributed by atoms with van der Waals surface area (Å²) in [7, 11) is -1.85. The summed E-state index contributed by atoms with van der Waals surface area (Å²) in [5, 5.41) is 8.55. The molecule has 0 spiro atoms. The van der Waals surface area contributed by atoms with E-state index in [1.54, 1.807) is 12.4 Å². The third-order valence-corrected chi connectivity index (χ3v) is 10.0. The van der Waals surface area contributed by atoms with E-state index in [1.165, 1.54) is 4.80 Å². The third-order valence-electron chi connectivity index (χ3n) is 5.50. The van der Waals surface area contributed by atoms with Gasteiger partial charge in [0, 0.05) is 12.6 Å². The van der Waals surface area contributed by atoms with Gasteiger partial charge in [-0.25, -0.2) is 0 Å². The fourth-order valence-corrected chi connectivity index (χ4v) is 3.73. The van der Waals surface area contributed by atoms with Crippen LogP contribution in [-0.2, 0) is 4.43 Å².